The molecule has 2 aromatic carbocycles. The summed E-state index contributed by atoms with van der Waals surface area (Å²) in [4.78, 5) is 13.5. The molecule has 0 saturated heterocycles. The third-order valence-electron chi connectivity index (χ3n) is 4.26. The van der Waals surface area contributed by atoms with E-state index in [-0.39, 0.29) is 24.4 Å². The minimum absolute atomic E-state index is 0.0408. The van der Waals surface area contributed by atoms with Crippen molar-refractivity contribution in [3.8, 4) is 0 Å². The first-order chi connectivity index (χ1) is 11.8. The van der Waals surface area contributed by atoms with Gasteiger partial charge in [-0.1, -0.05) is 36.4 Å². The van der Waals surface area contributed by atoms with Gasteiger partial charge in [0.25, 0.3) is 5.91 Å². The van der Waals surface area contributed by atoms with Gasteiger partial charge in [0.05, 0.1) is 5.56 Å². The molecule has 1 aliphatic rings. The molecule has 4 nitrogen and oxygen atoms in total. The molecule has 1 amide bonds. The first-order valence-corrected chi connectivity index (χ1v) is 7.77. The Hall–Kier alpha value is -2.38. The maximum Gasteiger partial charge on any atom is 0.416 e. The minimum Gasteiger partial charge on any atom is -0.369 e. The fourth-order valence-electron chi connectivity index (χ4n) is 3.11. The lowest BCUT2D eigenvalue weighted by molar-refractivity contribution is -0.138. The Morgan fingerprint density at radius 2 is 1.76 bits per heavy atom. The first-order valence-electron chi connectivity index (χ1n) is 7.77. The first kappa shape index (κ1) is 17.4. The van der Waals surface area contributed by atoms with Crippen LogP contribution in [0.4, 0.5) is 13.2 Å². The van der Waals surface area contributed by atoms with Gasteiger partial charge in [0.1, 0.15) is 0 Å². The molecular formula is C18H17F3N2O2. The summed E-state index contributed by atoms with van der Waals surface area (Å²) in [5, 5.41) is 10.3. The Bertz CT molecular complexity index is 792. The molecule has 25 heavy (non-hydrogen) atoms. The molecule has 0 aromatic heterocycles. The highest BCUT2D eigenvalue weighted by atomic mass is 19.4. The SMILES string of the molecule is N[C@@H](Cc1ccccc1C(F)(F)F)CN1C(=O)c2ccccc2C1O. The molecule has 7 heteroatoms. The topological polar surface area (TPSA) is 66.6 Å². The molecule has 132 valence electrons. The van der Waals surface area contributed by atoms with Crippen LogP contribution in [0.3, 0.4) is 0 Å². The van der Waals surface area contributed by atoms with Crippen LogP contribution in [0.15, 0.2) is 48.5 Å². The van der Waals surface area contributed by atoms with Gasteiger partial charge in [-0.3, -0.25) is 4.79 Å². The molecule has 1 aliphatic heterocycles. The molecular weight excluding hydrogens is 333 g/mol. The van der Waals surface area contributed by atoms with E-state index in [1.807, 2.05) is 0 Å². The number of fused-ring (bicyclic) bond motifs is 1. The van der Waals surface area contributed by atoms with Gasteiger partial charge in [0.2, 0.25) is 0 Å². The Balaban J connectivity index is 1.75. The number of carbonyl (C=O) groups is 1. The number of halogens is 3. The third kappa shape index (κ3) is 3.38. The molecule has 0 spiro atoms. The van der Waals surface area contributed by atoms with Gasteiger partial charge in [-0.25, -0.2) is 0 Å². The van der Waals surface area contributed by atoms with Crippen LogP contribution in [0.25, 0.3) is 0 Å². The number of nitrogens with two attached hydrogens (primary N) is 1. The van der Waals surface area contributed by atoms with Crippen molar-refractivity contribution in [2.45, 2.75) is 24.9 Å². The van der Waals surface area contributed by atoms with Crippen LogP contribution in [0.2, 0.25) is 0 Å². The number of hydrogen-bond acceptors (Lipinski definition) is 3. The highest BCUT2D eigenvalue weighted by Gasteiger charge is 2.37. The van der Waals surface area contributed by atoms with Crippen LogP contribution in [0.5, 0.6) is 0 Å². The fourth-order valence-corrected chi connectivity index (χ4v) is 3.11. The van der Waals surface area contributed by atoms with Crippen molar-refractivity contribution >= 4 is 5.91 Å². The molecule has 2 atom stereocenters. The quantitative estimate of drug-likeness (QED) is 0.891. The zero-order valence-electron chi connectivity index (χ0n) is 13.2. The number of hydrogen-bond donors (Lipinski definition) is 2. The second-order valence-electron chi connectivity index (χ2n) is 6.04. The summed E-state index contributed by atoms with van der Waals surface area (Å²) in [6, 6.07) is 11.1. The number of alkyl halides is 3. The van der Waals surface area contributed by atoms with Gasteiger partial charge in [-0.15, -0.1) is 0 Å². The maximum atomic E-state index is 13.1. The predicted molar refractivity (Wildman–Crippen MR) is 85.6 cm³/mol. The van der Waals surface area contributed by atoms with Crippen molar-refractivity contribution in [2.75, 3.05) is 6.54 Å². The Kier molecular flexibility index (Phi) is 4.53. The van der Waals surface area contributed by atoms with E-state index in [0.717, 1.165) is 6.07 Å². The van der Waals surface area contributed by atoms with Crippen LogP contribution in [-0.2, 0) is 12.6 Å². The molecule has 0 radical (unpaired) electrons. The number of aliphatic hydroxyl groups excluding tert-OH is 1. The number of carbonyl (C=O) groups excluding carboxylic acids is 1. The Labute approximate surface area is 142 Å². The number of benzene rings is 2. The molecule has 0 aliphatic carbocycles. The number of nitrogens with zero attached hydrogens (tertiary/aromatic N) is 1. The van der Waals surface area contributed by atoms with Gasteiger partial charge >= 0.3 is 6.18 Å². The van der Waals surface area contributed by atoms with Crippen LogP contribution in [0.1, 0.15) is 33.3 Å². The van der Waals surface area contributed by atoms with Crippen molar-refractivity contribution in [1.82, 2.24) is 4.90 Å². The second-order valence-corrected chi connectivity index (χ2v) is 6.04. The molecule has 0 saturated carbocycles. The van der Waals surface area contributed by atoms with Gasteiger partial charge in [0.15, 0.2) is 6.23 Å². The van der Waals surface area contributed by atoms with Crippen molar-refractivity contribution in [2.24, 2.45) is 5.73 Å². The molecule has 3 rings (SSSR count). The summed E-state index contributed by atoms with van der Waals surface area (Å²) in [6.07, 6.45) is -5.65. The normalized spacial score (nSPS) is 18.4. The third-order valence-corrected chi connectivity index (χ3v) is 4.26. The molecule has 3 N–H and O–H groups in total. The summed E-state index contributed by atoms with van der Waals surface area (Å²) in [7, 11) is 0. The van der Waals surface area contributed by atoms with Crippen LogP contribution in [-0.4, -0.2) is 28.5 Å². The van der Waals surface area contributed by atoms with E-state index < -0.39 is 24.0 Å². The number of aliphatic hydroxyl groups is 1. The largest absolute Gasteiger partial charge is 0.416 e. The van der Waals surface area contributed by atoms with E-state index in [1.54, 1.807) is 24.3 Å². The van der Waals surface area contributed by atoms with Crippen molar-refractivity contribution in [3.63, 3.8) is 0 Å². The summed E-state index contributed by atoms with van der Waals surface area (Å²) in [6.45, 7) is -0.0408. The molecule has 0 fully saturated rings. The van der Waals surface area contributed by atoms with Gasteiger partial charge < -0.3 is 15.7 Å². The van der Waals surface area contributed by atoms with Crippen molar-refractivity contribution < 1.29 is 23.1 Å². The molecule has 2 aromatic rings. The Morgan fingerprint density at radius 1 is 1.12 bits per heavy atom. The lowest BCUT2D eigenvalue weighted by atomic mass is 10.00. The smallest absolute Gasteiger partial charge is 0.369 e. The lowest BCUT2D eigenvalue weighted by Crippen LogP contribution is -2.41. The maximum absolute atomic E-state index is 13.1. The van der Waals surface area contributed by atoms with Gasteiger partial charge in [-0.05, 0) is 24.1 Å². The monoisotopic (exact) mass is 350 g/mol. The van der Waals surface area contributed by atoms with Gasteiger partial charge in [0, 0.05) is 23.7 Å². The fraction of sp³-hybridized carbons (Fsp3) is 0.278. The summed E-state index contributed by atoms with van der Waals surface area (Å²) in [5.41, 5.74) is 6.19. The molecule has 1 heterocycles. The lowest BCUT2D eigenvalue weighted by Gasteiger charge is -2.25. The highest BCUT2D eigenvalue weighted by Crippen LogP contribution is 2.33. The molecule has 1 unspecified atom stereocenters. The number of amides is 1. The standard InChI is InChI=1S/C18H17F3N2O2/c19-18(20,21)15-8-4-1-5-11(15)9-12(22)10-23-16(24)13-6-2-3-7-14(13)17(23)25/h1-8,12,16,24H,9-10,22H2/t12-,16?/m0/s1. The predicted octanol–water partition coefficient (Wildman–Crippen LogP) is 2.72. The molecule has 0 bridgehead atoms. The van der Waals surface area contributed by atoms with Crippen molar-refractivity contribution in [3.05, 3.63) is 70.8 Å². The zero-order chi connectivity index (χ0) is 18.2. The number of rotatable bonds is 4. The summed E-state index contributed by atoms with van der Waals surface area (Å²) in [5.74, 6) is -0.373. The van der Waals surface area contributed by atoms with Crippen LogP contribution in [0, 0.1) is 0 Å². The minimum atomic E-state index is -4.46. The highest BCUT2D eigenvalue weighted by molar-refractivity contribution is 5.98. The van der Waals surface area contributed by atoms with E-state index in [1.165, 1.54) is 23.1 Å². The van der Waals surface area contributed by atoms with Crippen molar-refractivity contribution in [1.29, 1.82) is 0 Å². The van der Waals surface area contributed by atoms with E-state index in [2.05, 4.69) is 0 Å². The van der Waals surface area contributed by atoms with E-state index in [9.17, 15) is 23.1 Å². The summed E-state index contributed by atoms with van der Waals surface area (Å²) < 4.78 is 39.2. The summed E-state index contributed by atoms with van der Waals surface area (Å²) >= 11 is 0. The van der Waals surface area contributed by atoms with Gasteiger partial charge in [-0.2, -0.15) is 13.2 Å². The van der Waals surface area contributed by atoms with Crippen LogP contribution >= 0.6 is 0 Å². The average molecular weight is 350 g/mol. The van der Waals surface area contributed by atoms with Crippen LogP contribution < -0.4 is 5.73 Å². The second kappa shape index (κ2) is 6.50. The zero-order valence-corrected chi connectivity index (χ0v) is 13.2. The average Bonchev–Trinajstić information content (AvgIpc) is 2.80. The van der Waals surface area contributed by atoms with E-state index in [0.29, 0.717) is 11.1 Å². The Morgan fingerprint density at radius 3 is 2.44 bits per heavy atom. The van der Waals surface area contributed by atoms with E-state index in [4.69, 9.17) is 5.73 Å². The van der Waals surface area contributed by atoms with E-state index >= 15 is 0 Å².